The van der Waals surface area contributed by atoms with Crippen molar-refractivity contribution in [3.63, 3.8) is 0 Å². The molecule has 0 atom stereocenters. The number of aryl methyl sites for hydroxylation is 2. The molecule has 0 radical (unpaired) electrons. The zero-order valence-corrected chi connectivity index (χ0v) is 26.1. The van der Waals surface area contributed by atoms with Gasteiger partial charge < -0.3 is 15.4 Å². The van der Waals surface area contributed by atoms with E-state index in [1.165, 1.54) is 37.7 Å². The van der Waals surface area contributed by atoms with E-state index in [-0.39, 0.29) is 18.9 Å². The fourth-order valence-corrected chi connectivity index (χ4v) is 7.88. The molecule has 4 saturated carbocycles. The van der Waals surface area contributed by atoms with Crippen LogP contribution in [0.4, 0.5) is 4.79 Å². The van der Waals surface area contributed by atoms with Gasteiger partial charge in [0.25, 0.3) is 0 Å². The second-order valence-electron chi connectivity index (χ2n) is 14.6. The Morgan fingerprint density at radius 2 is 1.56 bits per heavy atom. The minimum absolute atomic E-state index is 0.0784. The molecule has 4 bridgehead atoms. The highest BCUT2D eigenvalue weighted by Crippen LogP contribution is 2.53. The van der Waals surface area contributed by atoms with Crippen molar-refractivity contribution in [1.29, 1.82) is 0 Å². The summed E-state index contributed by atoms with van der Waals surface area (Å²) in [6.45, 7) is 14.3. The van der Waals surface area contributed by atoms with E-state index in [1.54, 1.807) is 0 Å². The maximum Gasteiger partial charge on any atom is 0.407 e. The number of carbonyl (C=O) groups excluding carboxylic acids is 2. The summed E-state index contributed by atoms with van der Waals surface area (Å²) in [5, 5.41) is 6.41. The first kappa shape index (κ1) is 29.6. The molecule has 222 valence electrons. The first-order valence-corrected chi connectivity index (χ1v) is 15.7. The van der Waals surface area contributed by atoms with Crippen molar-refractivity contribution >= 4 is 12.0 Å². The van der Waals surface area contributed by atoms with Crippen LogP contribution in [-0.2, 0) is 29.0 Å². The summed E-state index contributed by atoms with van der Waals surface area (Å²) in [6, 6.07) is 8.73. The maximum absolute atomic E-state index is 13.8. The van der Waals surface area contributed by atoms with Gasteiger partial charge in [-0.1, -0.05) is 43.7 Å². The monoisotopic (exact) mass is 559 g/mol. The number of alkyl carbamates (subject to hydrolysis) is 1. The number of nitrogens with zero attached hydrogens (tertiary/aromatic N) is 1. The molecule has 2 N–H and O–H groups in total. The summed E-state index contributed by atoms with van der Waals surface area (Å²) >= 11 is 0. The Balaban J connectivity index is 1.48. The van der Waals surface area contributed by atoms with Crippen molar-refractivity contribution in [2.45, 2.75) is 112 Å². The van der Waals surface area contributed by atoms with Crippen LogP contribution in [0.2, 0.25) is 0 Å². The number of carbonyl (C=O) groups is 2. The van der Waals surface area contributed by atoms with Gasteiger partial charge in [-0.3, -0.25) is 9.78 Å². The smallest absolute Gasteiger partial charge is 0.407 e. The molecule has 1 aromatic carbocycles. The molecule has 6 rings (SSSR count). The van der Waals surface area contributed by atoms with Crippen LogP contribution in [-0.4, -0.2) is 28.6 Å². The fraction of sp³-hybridized carbons (Fsp3) is 0.629. The van der Waals surface area contributed by atoms with Crippen molar-refractivity contribution in [3.05, 3.63) is 52.3 Å². The van der Waals surface area contributed by atoms with Crippen LogP contribution >= 0.6 is 0 Å². The van der Waals surface area contributed by atoms with Gasteiger partial charge >= 0.3 is 6.09 Å². The molecule has 0 spiro atoms. The molecule has 4 fully saturated rings. The normalized spacial score (nSPS) is 24.9. The second-order valence-corrected chi connectivity index (χ2v) is 14.6. The van der Waals surface area contributed by atoms with Crippen molar-refractivity contribution in [2.75, 3.05) is 0 Å². The first-order valence-electron chi connectivity index (χ1n) is 15.7. The lowest BCUT2D eigenvalue weighted by Crippen LogP contribution is -2.56. The molecule has 2 aromatic rings. The molecule has 41 heavy (non-hydrogen) atoms. The number of ether oxygens (including phenoxy) is 1. The first-order chi connectivity index (χ1) is 19.4. The van der Waals surface area contributed by atoms with Gasteiger partial charge in [-0.15, -0.1) is 0 Å². The van der Waals surface area contributed by atoms with E-state index in [1.807, 2.05) is 27.7 Å². The molecule has 6 nitrogen and oxygen atoms in total. The molecule has 4 aliphatic rings. The Kier molecular flexibility index (Phi) is 8.50. The largest absolute Gasteiger partial charge is 0.445 e. The summed E-state index contributed by atoms with van der Waals surface area (Å²) in [7, 11) is 0. The van der Waals surface area contributed by atoms with E-state index in [4.69, 9.17) is 9.72 Å². The number of hydrogen-bond donors (Lipinski definition) is 2. The van der Waals surface area contributed by atoms with E-state index in [0.29, 0.717) is 23.8 Å². The molecule has 1 aromatic heterocycles. The van der Waals surface area contributed by atoms with Gasteiger partial charge in [0.2, 0.25) is 5.91 Å². The van der Waals surface area contributed by atoms with Gasteiger partial charge in [0.1, 0.15) is 6.61 Å². The molecule has 0 aliphatic heterocycles. The topological polar surface area (TPSA) is 80.3 Å². The summed E-state index contributed by atoms with van der Waals surface area (Å²) < 4.78 is 5.81. The standard InChI is InChI=1S/C35H49N3O3/c1-20(2)12-30-29(19-41-34(40)38-35(5,6)7)32(25-10-8-21(3)9-11-25)28(22(4)36-30)18-31(39)37-33-26-14-23-13-24(16-26)17-27(33)15-23/h8-11,20,23-24,26-27,33H,12-19H2,1-7H3,(H,37,39)(H,38,40). The molecule has 0 saturated heterocycles. The van der Waals surface area contributed by atoms with Crippen LogP contribution in [0.25, 0.3) is 11.1 Å². The highest BCUT2D eigenvalue weighted by Gasteiger charge is 2.48. The summed E-state index contributed by atoms with van der Waals surface area (Å²) in [5.74, 6) is 3.46. The fourth-order valence-electron chi connectivity index (χ4n) is 7.88. The van der Waals surface area contributed by atoms with E-state index in [2.05, 4.69) is 55.7 Å². The Morgan fingerprint density at radius 3 is 2.12 bits per heavy atom. The SMILES string of the molecule is Cc1ccc(-c2c(CC(=O)NC3C4CC5CC(C4)CC3C5)c(C)nc(CC(C)C)c2COC(=O)NC(C)(C)C)cc1. The highest BCUT2D eigenvalue weighted by molar-refractivity contribution is 5.84. The van der Waals surface area contributed by atoms with Crippen LogP contribution < -0.4 is 10.6 Å². The molecular weight excluding hydrogens is 510 g/mol. The van der Waals surface area contributed by atoms with Gasteiger partial charge in [-0.2, -0.15) is 0 Å². The number of hydrogen-bond acceptors (Lipinski definition) is 4. The van der Waals surface area contributed by atoms with Crippen LogP contribution in [0, 0.1) is 43.4 Å². The van der Waals surface area contributed by atoms with Crippen molar-refractivity contribution in [2.24, 2.45) is 29.6 Å². The number of rotatable bonds is 8. The van der Waals surface area contributed by atoms with Gasteiger partial charge in [-0.25, -0.2) is 4.79 Å². The van der Waals surface area contributed by atoms with Gasteiger partial charge in [0.15, 0.2) is 0 Å². The van der Waals surface area contributed by atoms with Crippen LogP contribution in [0.15, 0.2) is 24.3 Å². The average molecular weight is 560 g/mol. The number of pyridine rings is 1. The zero-order valence-electron chi connectivity index (χ0n) is 26.1. The molecule has 6 heteroatoms. The quantitative estimate of drug-likeness (QED) is 0.362. The van der Waals surface area contributed by atoms with Crippen LogP contribution in [0.3, 0.4) is 0 Å². The second kappa shape index (κ2) is 11.8. The lowest BCUT2D eigenvalue weighted by atomic mass is 9.54. The van der Waals surface area contributed by atoms with Crippen LogP contribution in [0.1, 0.15) is 94.8 Å². The van der Waals surface area contributed by atoms with E-state index < -0.39 is 11.6 Å². The van der Waals surface area contributed by atoms with E-state index in [9.17, 15) is 9.59 Å². The molecule has 2 amide bonds. The zero-order chi connectivity index (χ0) is 29.5. The van der Waals surface area contributed by atoms with Crippen LogP contribution in [0.5, 0.6) is 0 Å². The third-order valence-electron chi connectivity index (χ3n) is 9.35. The Bertz CT molecular complexity index is 1250. The lowest BCUT2D eigenvalue weighted by molar-refractivity contribution is -0.124. The maximum atomic E-state index is 13.8. The number of benzene rings is 1. The van der Waals surface area contributed by atoms with Crippen molar-refractivity contribution in [1.82, 2.24) is 15.6 Å². The highest BCUT2D eigenvalue weighted by atomic mass is 16.5. The molecular formula is C35H49N3O3. The van der Waals surface area contributed by atoms with Crippen molar-refractivity contribution in [3.8, 4) is 11.1 Å². The molecule has 1 heterocycles. The molecule has 4 aliphatic carbocycles. The Hall–Kier alpha value is -2.89. The minimum atomic E-state index is -0.454. The third-order valence-corrected chi connectivity index (χ3v) is 9.35. The van der Waals surface area contributed by atoms with Gasteiger partial charge in [-0.05, 0) is 119 Å². The molecule has 0 unspecified atom stereocenters. The predicted molar refractivity (Wildman–Crippen MR) is 163 cm³/mol. The Labute approximate surface area is 246 Å². The summed E-state index contributed by atoms with van der Waals surface area (Å²) in [6.07, 6.45) is 7.08. The number of nitrogens with one attached hydrogen (secondary N) is 2. The average Bonchev–Trinajstić information content (AvgIpc) is 2.86. The Morgan fingerprint density at radius 1 is 0.951 bits per heavy atom. The summed E-state index contributed by atoms with van der Waals surface area (Å²) in [5.41, 5.74) is 6.42. The van der Waals surface area contributed by atoms with Gasteiger partial charge in [0.05, 0.1) is 6.42 Å². The summed E-state index contributed by atoms with van der Waals surface area (Å²) in [4.78, 5) is 31.5. The van der Waals surface area contributed by atoms with Crippen molar-refractivity contribution < 1.29 is 14.3 Å². The number of aromatic nitrogens is 1. The van der Waals surface area contributed by atoms with E-state index >= 15 is 0 Å². The minimum Gasteiger partial charge on any atom is -0.445 e. The van der Waals surface area contributed by atoms with Gasteiger partial charge in [0, 0.05) is 28.5 Å². The number of amides is 2. The third kappa shape index (κ3) is 6.95. The predicted octanol–water partition coefficient (Wildman–Crippen LogP) is 7.07. The van der Waals surface area contributed by atoms with E-state index in [0.717, 1.165) is 51.9 Å². The lowest BCUT2D eigenvalue weighted by Gasteiger charge is -2.54.